The topological polar surface area (TPSA) is 190 Å². The van der Waals surface area contributed by atoms with Crippen molar-refractivity contribution < 1.29 is 136 Å². The van der Waals surface area contributed by atoms with Gasteiger partial charge in [0.05, 0.1) is 0 Å². The number of rotatable bonds is 0. The van der Waals surface area contributed by atoms with Crippen molar-refractivity contribution in [2.45, 2.75) is 0 Å². The van der Waals surface area contributed by atoms with Gasteiger partial charge in [0.15, 0.2) is 0 Å². The predicted molar refractivity (Wildman–Crippen MR) is 16.2 cm³/mol. The second-order valence-corrected chi connectivity index (χ2v) is 0.750. The second-order valence-electron chi connectivity index (χ2n) is 0.750. The van der Waals surface area contributed by atoms with E-state index in [1.54, 1.807) is 0 Å². The van der Waals surface area contributed by atoms with Gasteiger partial charge in [0.2, 0.25) is 0 Å². The Morgan fingerprint density at radius 1 is 0.571 bits per heavy atom. The molecular formula is C3CeEuO9. The summed E-state index contributed by atoms with van der Waals surface area (Å²) in [6.07, 6.45) is -7.00. The Labute approximate surface area is 152 Å². The molecule has 14 heavy (non-hydrogen) atoms. The minimum absolute atomic E-state index is 0. The van der Waals surface area contributed by atoms with Crippen molar-refractivity contribution in [1.82, 2.24) is 0 Å². The van der Waals surface area contributed by atoms with Crippen molar-refractivity contribution >= 4 is 18.5 Å². The molecule has 0 atom stereocenters. The van der Waals surface area contributed by atoms with Crippen LogP contribution in [0.15, 0.2) is 0 Å². The summed E-state index contributed by atoms with van der Waals surface area (Å²) < 4.78 is 0. The summed E-state index contributed by atoms with van der Waals surface area (Å²) in [5.41, 5.74) is 0. The molecule has 0 amide bonds. The first-order valence-electron chi connectivity index (χ1n) is 1.84. The SMILES string of the molecule is O=C([O-])[O-].O=C([O-])[O-].O=C([O-])[O-].[Ce+3].[Eu+3]. The first-order valence-corrected chi connectivity index (χ1v) is 1.84. The van der Waals surface area contributed by atoms with Gasteiger partial charge in [-0.3, -0.25) is 0 Å². The molecule has 0 aromatic heterocycles. The van der Waals surface area contributed by atoms with Crippen molar-refractivity contribution in [1.29, 1.82) is 0 Å². The van der Waals surface area contributed by atoms with Crippen LogP contribution < -0.4 is 30.6 Å². The van der Waals surface area contributed by atoms with Gasteiger partial charge in [-0.15, -0.1) is 0 Å². The zero-order valence-electron chi connectivity index (χ0n) is 6.05. The molecule has 0 aromatic rings. The smallest absolute Gasteiger partial charge is 0.652 e. The number of carbonyl (C=O) groups is 3. The van der Waals surface area contributed by atoms with Crippen molar-refractivity contribution in [2.75, 3.05) is 0 Å². The summed E-state index contributed by atoms with van der Waals surface area (Å²) in [6.45, 7) is 0. The first kappa shape index (κ1) is 29.3. The van der Waals surface area contributed by atoms with E-state index in [4.69, 9.17) is 45.0 Å². The third-order valence-corrected chi connectivity index (χ3v) is 0. The maximum absolute atomic E-state index is 8.33. The number of carbonyl (C=O) groups excluding carboxylic acids is 3. The molecule has 9 nitrogen and oxygen atoms in total. The number of carboxylic acid groups (broad SMARTS) is 6. The fourth-order valence-corrected chi connectivity index (χ4v) is 0. The molecule has 0 unspecified atom stereocenters. The molecule has 0 bridgehead atoms. The van der Waals surface area contributed by atoms with Crippen LogP contribution in [0.4, 0.5) is 14.4 Å². The zero-order valence-corrected chi connectivity index (χ0v) is 11.6. The van der Waals surface area contributed by atoms with E-state index in [1.165, 1.54) is 0 Å². The van der Waals surface area contributed by atoms with E-state index >= 15 is 0 Å². The zero-order chi connectivity index (χ0) is 10.7. The molecule has 0 rings (SSSR count). The molecule has 77 valence electrons. The summed E-state index contributed by atoms with van der Waals surface area (Å²) >= 11 is 0. The Hall–Kier alpha value is 0.771. The van der Waals surface area contributed by atoms with Gasteiger partial charge in [-0.1, -0.05) is 0 Å². The van der Waals surface area contributed by atoms with E-state index in [-0.39, 0.29) is 91.1 Å². The predicted octanol–water partition coefficient (Wildman–Crippen LogP) is -7.34. The summed E-state index contributed by atoms with van der Waals surface area (Å²) in [5.74, 6) is 0. The third-order valence-electron chi connectivity index (χ3n) is 0. The fourth-order valence-electron chi connectivity index (χ4n) is 0. The molecule has 0 aliphatic carbocycles. The molecule has 11 heteroatoms. The van der Waals surface area contributed by atoms with Crippen LogP contribution in [0, 0.1) is 91.1 Å². The fraction of sp³-hybridized carbons (Fsp3) is 0. The third kappa shape index (κ3) is 2980. The Kier molecular flexibility index (Phi) is 49.3. The van der Waals surface area contributed by atoms with Gasteiger partial charge >= 0.3 is 91.1 Å². The summed E-state index contributed by atoms with van der Waals surface area (Å²) in [5, 5.41) is 50.0. The molecule has 0 saturated carbocycles. The minimum atomic E-state index is -2.33. The molecule has 0 aliphatic heterocycles. The molecule has 0 fully saturated rings. The van der Waals surface area contributed by atoms with Gasteiger partial charge in [0, 0.05) is 0 Å². The van der Waals surface area contributed by atoms with Crippen LogP contribution in [-0.2, 0) is 0 Å². The average molecular weight is 472 g/mol. The van der Waals surface area contributed by atoms with Crippen LogP contribution in [0.25, 0.3) is 0 Å². The molecule has 0 spiro atoms. The van der Waals surface area contributed by atoms with E-state index < -0.39 is 18.5 Å². The van der Waals surface area contributed by atoms with Crippen molar-refractivity contribution in [3.63, 3.8) is 0 Å². The molecule has 0 aromatic carbocycles. The van der Waals surface area contributed by atoms with Gasteiger partial charge in [-0.25, -0.2) is 0 Å². The van der Waals surface area contributed by atoms with Crippen LogP contribution in [0.2, 0.25) is 0 Å². The van der Waals surface area contributed by atoms with Gasteiger partial charge in [0.1, 0.15) is 0 Å². The standard InChI is InChI=1S/3CH2O3.Ce.Eu/c3*2-1(3)4;;/h3*(H2,2,3,4);;/q;;;2*+3/p-6. The van der Waals surface area contributed by atoms with Crippen LogP contribution in [0.1, 0.15) is 0 Å². The summed E-state index contributed by atoms with van der Waals surface area (Å²) in [4.78, 5) is 25.0. The van der Waals surface area contributed by atoms with Gasteiger partial charge in [0.25, 0.3) is 0 Å². The van der Waals surface area contributed by atoms with Crippen LogP contribution in [-0.4, -0.2) is 18.5 Å². The molecule has 0 aliphatic rings. The Bertz CT molecular complexity index is 118. The van der Waals surface area contributed by atoms with Gasteiger partial charge in [-0.05, 0) is 18.5 Å². The number of hydrogen-bond donors (Lipinski definition) is 0. The minimum Gasteiger partial charge on any atom is -0.652 e. The van der Waals surface area contributed by atoms with E-state index in [1.807, 2.05) is 0 Å². The number of hydrogen-bond acceptors (Lipinski definition) is 9. The largest absolute Gasteiger partial charge is 3.00 e. The van der Waals surface area contributed by atoms with Crippen LogP contribution >= 0.6 is 0 Å². The van der Waals surface area contributed by atoms with Gasteiger partial charge < -0.3 is 45.0 Å². The molecule has 0 heterocycles. The first-order chi connectivity index (χ1) is 5.20. The van der Waals surface area contributed by atoms with Crippen LogP contribution in [0.3, 0.4) is 0 Å². The maximum Gasteiger partial charge on any atom is 3.00 e. The van der Waals surface area contributed by atoms with Crippen molar-refractivity contribution in [3.8, 4) is 0 Å². The average Bonchev–Trinajstić information content (AvgIpc) is 1.54. The van der Waals surface area contributed by atoms with E-state index in [2.05, 4.69) is 0 Å². The molecule has 1 radical (unpaired) electrons. The summed E-state index contributed by atoms with van der Waals surface area (Å²) in [6, 6.07) is 0. The molecular weight excluding hydrogens is 472 g/mol. The van der Waals surface area contributed by atoms with E-state index in [9.17, 15) is 0 Å². The summed E-state index contributed by atoms with van der Waals surface area (Å²) in [7, 11) is 0. The molecule has 0 N–H and O–H groups in total. The maximum atomic E-state index is 8.33. The quantitative estimate of drug-likeness (QED) is 0.330. The van der Waals surface area contributed by atoms with Gasteiger partial charge in [-0.2, -0.15) is 0 Å². The van der Waals surface area contributed by atoms with Crippen molar-refractivity contribution in [3.05, 3.63) is 0 Å². The van der Waals surface area contributed by atoms with E-state index in [0.29, 0.717) is 0 Å². The Balaban J connectivity index is -0.0000000270. The monoisotopic (exact) mass is 473 g/mol. The second kappa shape index (κ2) is 23.5. The molecule has 0 saturated heterocycles. The van der Waals surface area contributed by atoms with Crippen LogP contribution in [0.5, 0.6) is 0 Å². The van der Waals surface area contributed by atoms with E-state index in [0.717, 1.165) is 0 Å². The normalized spacial score (nSPS) is 5.14. The van der Waals surface area contributed by atoms with Crippen molar-refractivity contribution in [2.24, 2.45) is 0 Å². The Morgan fingerprint density at radius 3 is 0.571 bits per heavy atom. The Morgan fingerprint density at radius 2 is 0.571 bits per heavy atom.